The van der Waals surface area contributed by atoms with E-state index in [9.17, 15) is 0 Å². The quantitative estimate of drug-likeness (QED) is 0.748. The third-order valence-corrected chi connectivity index (χ3v) is 3.51. The molecular formula is C18H28N2O. The van der Waals surface area contributed by atoms with Crippen LogP contribution in [-0.2, 0) is 6.42 Å². The van der Waals surface area contributed by atoms with E-state index in [1.807, 2.05) is 26.0 Å². The van der Waals surface area contributed by atoms with Crippen molar-refractivity contribution in [1.82, 2.24) is 5.32 Å². The van der Waals surface area contributed by atoms with Crippen molar-refractivity contribution in [3.05, 3.63) is 29.8 Å². The molecule has 116 valence electrons. The van der Waals surface area contributed by atoms with E-state index in [2.05, 4.69) is 37.4 Å². The zero-order chi connectivity index (χ0) is 15.7. The van der Waals surface area contributed by atoms with Crippen LogP contribution < -0.4 is 10.1 Å². The molecule has 0 spiro atoms. The van der Waals surface area contributed by atoms with Crippen molar-refractivity contribution in [1.29, 1.82) is 5.26 Å². The lowest BCUT2D eigenvalue weighted by Gasteiger charge is -2.16. The van der Waals surface area contributed by atoms with E-state index in [0.29, 0.717) is 12.6 Å². The highest BCUT2D eigenvalue weighted by Crippen LogP contribution is 2.20. The Bertz CT molecular complexity index is 445. The second-order valence-electron chi connectivity index (χ2n) is 6.30. The summed E-state index contributed by atoms with van der Waals surface area (Å²) in [5.41, 5.74) is 0.996. The molecule has 3 heteroatoms. The second-order valence-corrected chi connectivity index (χ2v) is 6.30. The number of rotatable bonds is 9. The van der Waals surface area contributed by atoms with Crippen molar-refractivity contribution in [2.24, 2.45) is 5.41 Å². The van der Waals surface area contributed by atoms with Crippen molar-refractivity contribution in [2.75, 3.05) is 13.2 Å². The topological polar surface area (TPSA) is 45.0 Å². The summed E-state index contributed by atoms with van der Waals surface area (Å²) in [4.78, 5) is 0. The second kappa shape index (κ2) is 8.69. The van der Waals surface area contributed by atoms with E-state index in [0.717, 1.165) is 31.6 Å². The first kappa shape index (κ1) is 17.5. The van der Waals surface area contributed by atoms with Gasteiger partial charge in [0.05, 0.1) is 18.1 Å². The molecule has 0 amide bonds. The third kappa shape index (κ3) is 7.15. The lowest BCUT2D eigenvalue weighted by atomic mass is 9.92. The predicted molar refractivity (Wildman–Crippen MR) is 87.4 cm³/mol. The maximum absolute atomic E-state index is 8.96. The Morgan fingerprint density at radius 1 is 1.29 bits per heavy atom. The lowest BCUT2D eigenvalue weighted by Crippen LogP contribution is -2.28. The Labute approximate surface area is 129 Å². The first-order chi connectivity index (χ1) is 9.96. The Morgan fingerprint density at radius 2 is 1.95 bits per heavy atom. The molecule has 1 N–H and O–H groups in total. The molecule has 3 nitrogen and oxygen atoms in total. The molecule has 1 unspecified atom stereocenters. The molecule has 1 aromatic rings. The zero-order valence-electron chi connectivity index (χ0n) is 13.8. The van der Waals surface area contributed by atoms with Gasteiger partial charge in [0.25, 0.3) is 0 Å². The van der Waals surface area contributed by atoms with E-state index in [4.69, 9.17) is 10.00 Å². The SMILES string of the molecule is CCCNC(C)Cc1ccc(OCCC(C)(C)C#N)cc1. The van der Waals surface area contributed by atoms with E-state index in [1.54, 1.807) is 0 Å². The van der Waals surface area contributed by atoms with E-state index < -0.39 is 0 Å². The molecule has 0 aromatic heterocycles. The predicted octanol–water partition coefficient (Wildman–Crippen LogP) is 3.94. The van der Waals surface area contributed by atoms with Gasteiger partial charge in [-0.1, -0.05) is 19.1 Å². The summed E-state index contributed by atoms with van der Waals surface area (Å²) in [5, 5.41) is 12.5. The molecule has 0 aliphatic carbocycles. The van der Waals surface area contributed by atoms with Crippen LogP contribution in [0, 0.1) is 16.7 Å². The molecule has 0 saturated carbocycles. The van der Waals surface area contributed by atoms with Gasteiger partial charge >= 0.3 is 0 Å². The van der Waals surface area contributed by atoms with Crippen LogP contribution in [-0.4, -0.2) is 19.2 Å². The van der Waals surface area contributed by atoms with Crippen LogP contribution >= 0.6 is 0 Å². The van der Waals surface area contributed by atoms with Crippen LogP contribution in [0.4, 0.5) is 0 Å². The summed E-state index contributed by atoms with van der Waals surface area (Å²) in [6.45, 7) is 9.91. The molecular weight excluding hydrogens is 260 g/mol. The zero-order valence-corrected chi connectivity index (χ0v) is 13.8. The molecule has 0 bridgehead atoms. The number of ether oxygens (including phenoxy) is 1. The Kier molecular flexibility index (Phi) is 7.25. The van der Waals surface area contributed by atoms with Crippen LogP contribution in [0.1, 0.15) is 46.1 Å². The molecule has 0 radical (unpaired) electrons. The molecule has 1 aromatic carbocycles. The fourth-order valence-corrected chi connectivity index (χ4v) is 2.02. The van der Waals surface area contributed by atoms with Gasteiger partial charge in [0.15, 0.2) is 0 Å². The first-order valence-electron chi connectivity index (χ1n) is 7.83. The van der Waals surface area contributed by atoms with Crippen molar-refractivity contribution in [2.45, 2.75) is 53.0 Å². The number of hydrogen-bond acceptors (Lipinski definition) is 3. The van der Waals surface area contributed by atoms with E-state index >= 15 is 0 Å². The number of nitrogens with one attached hydrogen (secondary N) is 1. The average molecular weight is 288 g/mol. The van der Waals surface area contributed by atoms with Gasteiger partial charge in [-0.25, -0.2) is 0 Å². The smallest absolute Gasteiger partial charge is 0.119 e. The minimum atomic E-state index is -0.319. The molecule has 0 heterocycles. The molecule has 1 atom stereocenters. The van der Waals surface area contributed by atoms with Crippen LogP contribution in [0.3, 0.4) is 0 Å². The average Bonchev–Trinajstić information content (AvgIpc) is 2.47. The monoisotopic (exact) mass is 288 g/mol. The van der Waals surface area contributed by atoms with Crippen LogP contribution in [0.5, 0.6) is 5.75 Å². The first-order valence-corrected chi connectivity index (χ1v) is 7.83. The highest BCUT2D eigenvalue weighted by atomic mass is 16.5. The van der Waals surface area contributed by atoms with E-state index in [1.165, 1.54) is 5.56 Å². The standard InChI is InChI=1S/C18H28N2O/c1-5-11-20-15(2)13-16-6-8-17(9-7-16)21-12-10-18(3,4)14-19/h6-9,15,20H,5,10-13H2,1-4H3. The van der Waals surface area contributed by atoms with Gasteiger partial charge in [-0.05, 0) is 64.3 Å². The van der Waals surface area contributed by atoms with Crippen molar-refractivity contribution in [3.63, 3.8) is 0 Å². The lowest BCUT2D eigenvalue weighted by molar-refractivity contribution is 0.264. The Morgan fingerprint density at radius 3 is 2.52 bits per heavy atom. The summed E-state index contributed by atoms with van der Waals surface area (Å²) < 4.78 is 5.70. The number of nitrogens with zero attached hydrogens (tertiary/aromatic N) is 1. The maximum Gasteiger partial charge on any atom is 0.119 e. The minimum Gasteiger partial charge on any atom is -0.494 e. The van der Waals surface area contributed by atoms with Crippen molar-refractivity contribution < 1.29 is 4.74 Å². The van der Waals surface area contributed by atoms with Crippen LogP contribution in [0.15, 0.2) is 24.3 Å². The highest BCUT2D eigenvalue weighted by Gasteiger charge is 2.16. The molecule has 21 heavy (non-hydrogen) atoms. The van der Waals surface area contributed by atoms with Gasteiger partial charge in [-0.2, -0.15) is 5.26 Å². The molecule has 0 aliphatic rings. The van der Waals surface area contributed by atoms with Gasteiger partial charge in [0, 0.05) is 6.04 Å². The largest absolute Gasteiger partial charge is 0.494 e. The van der Waals surface area contributed by atoms with Crippen molar-refractivity contribution in [3.8, 4) is 11.8 Å². The Balaban J connectivity index is 2.38. The summed E-state index contributed by atoms with van der Waals surface area (Å²) in [6, 6.07) is 11.1. The molecule has 0 saturated heterocycles. The maximum atomic E-state index is 8.96. The number of hydrogen-bond donors (Lipinski definition) is 1. The van der Waals surface area contributed by atoms with Gasteiger partial charge in [-0.15, -0.1) is 0 Å². The fraction of sp³-hybridized carbons (Fsp3) is 0.611. The number of nitriles is 1. The minimum absolute atomic E-state index is 0.319. The Hall–Kier alpha value is -1.53. The third-order valence-electron chi connectivity index (χ3n) is 3.51. The number of benzene rings is 1. The summed E-state index contributed by atoms with van der Waals surface area (Å²) in [7, 11) is 0. The normalized spacial score (nSPS) is 12.7. The van der Waals surface area contributed by atoms with E-state index in [-0.39, 0.29) is 5.41 Å². The van der Waals surface area contributed by atoms with Crippen molar-refractivity contribution >= 4 is 0 Å². The highest BCUT2D eigenvalue weighted by molar-refractivity contribution is 5.27. The summed E-state index contributed by atoms with van der Waals surface area (Å²) in [6.07, 6.45) is 2.93. The van der Waals surface area contributed by atoms with Gasteiger partial charge in [0.1, 0.15) is 5.75 Å². The van der Waals surface area contributed by atoms with Gasteiger partial charge in [-0.3, -0.25) is 0 Å². The van der Waals surface area contributed by atoms with Crippen LogP contribution in [0.25, 0.3) is 0 Å². The van der Waals surface area contributed by atoms with Crippen LogP contribution in [0.2, 0.25) is 0 Å². The van der Waals surface area contributed by atoms with Gasteiger partial charge < -0.3 is 10.1 Å². The molecule has 0 aliphatic heterocycles. The summed E-state index contributed by atoms with van der Waals surface area (Å²) in [5.74, 6) is 0.877. The fourth-order valence-electron chi connectivity index (χ4n) is 2.02. The molecule has 1 rings (SSSR count). The summed E-state index contributed by atoms with van der Waals surface area (Å²) >= 11 is 0. The van der Waals surface area contributed by atoms with Gasteiger partial charge in [0.2, 0.25) is 0 Å². The molecule has 0 fully saturated rings.